The minimum atomic E-state index is -0.217. The van der Waals surface area contributed by atoms with E-state index in [0.29, 0.717) is 18.7 Å². The van der Waals surface area contributed by atoms with E-state index in [4.69, 9.17) is 5.10 Å². The Morgan fingerprint density at radius 2 is 1.86 bits per heavy atom. The van der Waals surface area contributed by atoms with Crippen LogP contribution in [0.1, 0.15) is 50.3 Å². The highest BCUT2D eigenvalue weighted by Gasteiger charge is 2.30. The lowest BCUT2D eigenvalue weighted by atomic mass is 9.89. The van der Waals surface area contributed by atoms with Crippen molar-refractivity contribution >= 4 is 17.4 Å². The summed E-state index contributed by atoms with van der Waals surface area (Å²) in [6, 6.07) is 9.25. The van der Waals surface area contributed by atoms with Crippen LogP contribution in [0.2, 0.25) is 0 Å². The van der Waals surface area contributed by atoms with E-state index in [-0.39, 0.29) is 30.1 Å². The maximum absolute atomic E-state index is 13.9. The van der Waals surface area contributed by atoms with Gasteiger partial charge in [0.25, 0.3) is 0 Å². The summed E-state index contributed by atoms with van der Waals surface area (Å²) in [6.45, 7) is 13.4. The van der Waals surface area contributed by atoms with Gasteiger partial charge >= 0.3 is 0 Å². The number of anilines is 1. The number of nitrogens with zero attached hydrogens (tertiary/aromatic N) is 5. The van der Waals surface area contributed by atoms with Crippen molar-refractivity contribution in [3.8, 4) is 0 Å². The number of allylic oxidation sites excluding steroid dienone is 2. The monoisotopic (exact) mass is 491 g/mol. The molecule has 1 saturated heterocycles. The average Bonchev–Trinajstić information content (AvgIpc) is 2.89. The minimum absolute atomic E-state index is 0.0781. The number of aryl methyl sites for hydroxylation is 2. The van der Waals surface area contributed by atoms with Crippen LogP contribution in [0.15, 0.2) is 53.4 Å². The van der Waals surface area contributed by atoms with E-state index in [0.717, 1.165) is 48.7 Å². The van der Waals surface area contributed by atoms with E-state index in [9.17, 15) is 9.18 Å². The highest BCUT2D eigenvalue weighted by Crippen LogP contribution is 2.30. The molecule has 0 spiro atoms. The summed E-state index contributed by atoms with van der Waals surface area (Å²) in [4.78, 5) is 22.1. The topological polar surface area (TPSA) is 52.0 Å². The number of pyridine rings is 1. The van der Waals surface area contributed by atoms with E-state index < -0.39 is 0 Å². The number of amides is 1. The Balaban J connectivity index is 1.52. The average molecular weight is 492 g/mol. The molecule has 1 aromatic heterocycles. The van der Waals surface area contributed by atoms with Crippen LogP contribution in [0.5, 0.6) is 0 Å². The van der Waals surface area contributed by atoms with Gasteiger partial charge in [-0.2, -0.15) is 5.10 Å². The van der Waals surface area contributed by atoms with Crippen LogP contribution >= 0.6 is 0 Å². The molecule has 0 bridgehead atoms. The van der Waals surface area contributed by atoms with E-state index in [2.05, 4.69) is 49.7 Å². The molecule has 0 radical (unpaired) electrons. The Morgan fingerprint density at radius 3 is 2.50 bits per heavy atom. The maximum Gasteiger partial charge on any atom is 0.244 e. The number of benzene rings is 1. The largest absolute Gasteiger partial charge is 0.353 e. The lowest BCUT2D eigenvalue weighted by Crippen LogP contribution is -2.51. The van der Waals surface area contributed by atoms with E-state index in [1.807, 2.05) is 28.2 Å². The molecule has 2 aromatic rings. The summed E-state index contributed by atoms with van der Waals surface area (Å²) >= 11 is 0. The predicted molar refractivity (Wildman–Crippen MR) is 143 cm³/mol. The second-order valence-electron chi connectivity index (χ2n) is 9.98. The zero-order valence-corrected chi connectivity index (χ0v) is 22.2. The summed E-state index contributed by atoms with van der Waals surface area (Å²) in [6.07, 6.45) is 5.97. The molecule has 3 heterocycles. The quantitative estimate of drug-likeness (QED) is 0.537. The van der Waals surface area contributed by atoms with Crippen LogP contribution in [-0.4, -0.2) is 59.2 Å². The Labute approximate surface area is 214 Å². The van der Waals surface area contributed by atoms with Crippen molar-refractivity contribution in [3.63, 3.8) is 0 Å². The zero-order chi connectivity index (χ0) is 25.8. The Hall–Kier alpha value is -3.22. The molecule has 6 nitrogen and oxygen atoms in total. The summed E-state index contributed by atoms with van der Waals surface area (Å²) in [5.74, 6) is 1.25. The van der Waals surface area contributed by atoms with Crippen molar-refractivity contribution in [3.05, 3.63) is 70.8 Å². The van der Waals surface area contributed by atoms with Gasteiger partial charge in [0.15, 0.2) is 0 Å². The predicted octanol–water partition coefficient (Wildman–Crippen LogP) is 5.16. The molecule has 4 rings (SSSR count). The molecule has 0 N–H and O–H groups in total. The summed E-state index contributed by atoms with van der Waals surface area (Å²) in [7, 11) is 0. The molecular weight excluding hydrogens is 453 g/mol. The first-order valence-electron chi connectivity index (χ1n) is 13.1. The molecule has 2 aliphatic rings. The molecule has 2 aliphatic heterocycles. The van der Waals surface area contributed by atoms with Crippen molar-refractivity contribution < 1.29 is 9.18 Å². The number of carbonyl (C=O) groups excluding carboxylic acids is 1. The third-order valence-corrected chi connectivity index (χ3v) is 7.40. The van der Waals surface area contributed by atoms with E-state index in [1.54, 1.807) is 13.0 Å². The second-order valence-corrected chi connectivity index (χ2v) is 9.98. The standard InChI is InChI=1S/C29H38FN5O/c1-6-21(4)26-18-23(7-2)29(24-8-9-25(30)22(5)17-24)32-35(26)19-28(36)34-14-12-33(13-15-34)27-16-20(3)10-11-31-27/h8-11,16-18,21,23H,6-7,12-15,19H2,1-5H3. The highest BCUT2D eigenvalue weighted by molar-refractivity contribution is 6.04. The lowest BCUT2D eigenvalue weighted by molar-refractivity contribution is -0.132. The van der Waals surface area contributed by atoms with Crippen LogP contribution in [0.3, 0.4) is 0 Å². The van der Waals surface area contributed by atoms with Crippen molar-refractivity contribution in [2.45, 2.75) is 47.5 Å². The normalized spacial score (nSPS) is 19.2. The van der Waals surface area contributed by atoms with Crippen LogP contribution in [0.25, 0.3) is 0 Å². The Bertz CT molecular complexity index is 1150. The van der Waals surface area contributed by atoms with Gasteiger partial charge in [-0.1, -0.05) is 32.9 Å². The smallest absolute Gasteiger partial charge is 0.244 e. The third kappa shape index (κ3) is 5.61. The molecule has 1 aromatic carbocycles. The van der Waals surface area contributed by atoms with Crippen molar-refractivity contribution in [2.24, 2.45) is 16.9 Å². The number of hydrogen-bond donors (Lipinski definition) is 0. The van der Waals surface area contributed by atoms with E-state index in [1.165, 1.54) is 11.6 Å². The molecule has 2 unspecified atom stereocenters. The van der Waals surface area contributed by atoms with Gasteiger partial charge < -0.3 is 9.80 Å². The minimum Gasteiger partial charge on any atom is -0.353 e. The molecule has 2 atom stereocenters. The summed E-state index contributed by atoms with van der Waals surface area (Å²) in [5, 5.41) is 6.92. The molecule has 0 saturated carbocycles. The second kappa shape index (κ2) is 11.2. The number of piperazine rings is 1. The summed E-state index contributed by atoms with van der Waals surface area (Å²) in [5.41, 5.74) is 4.70. The molecule has 36 heavy (non-hydrogen) atoms. The zero-order valence-electron chi connectivity index (χ0n) is 22.2. The number of rotatable bonds is 7. The first kappa shape index (κ1) is 25.9. The molecule has 1 fully saturated rings. The van der Waals surface area contributed by atoms with Crippen LogP contribution in [-0.2, 0) is 4.79 Å². The fourth-order valence-corrected chi connectivity index (χ4v) is 4.88. The van der Waals surface area contributed by atoms with Gasteiger partial charge in [-0.25, -0.2) is 9.37 Å². The number of aromatic nitrogens is 1. The number of hydrogen-bond acceptors (Lipinski definition) is 5. The fourth-order valence-electron chi connectivity index (χ4n) is 4.88. The molecule has 192 valence electrons. The lowest BCUT2D eigenvalue weighted by Gasteiger charge is -2.38. The highest BCUT2D eigenvalue weighted by atomic mass is 19.1. The van der Waals surface area contributed by atoms with Crippen molar-refractivity contribution in [2.75, 3.05) is 37.6 Å². The number of hydrazone groups is 1. The van der Waals surface area contributed by atoms with Gasteiger partial charge in [0, 0.05) is 44.0 Å². The van der Waals surface area contributed by atoms with Gasteiger partial charge in [0.05, 0.1) is 5.71 Å². The van der Waals surface area contributed by atoms with Crippen molar-refractivity contribution in [1.29, 1.82) is 0 Å². The van der Waals surface area contributed by atoms with Crippen LogP contribution in [0.4, 0.5) is 10.2 Å². The third-order valence-electron chi connectivity index (χ3n) is 7.40. The van der Waals surface area contributed by atoms with Crippen LogP contribution < -0.4 is 4.90 Å². The Morgan fingerprint density at radius 1 is 1.11 bits per heavy atom. The van der Waals surface area contributed by atoms with Gasteiger partial charge in [0.1, 0.15) is 18.2 Å². The number of carbonyl (C=O) groups is 1. The molecule has 1 amide bonds. The van der Waals surface area contributed by atoms with Crippen LogP contribution in [0, 0.1) is 31.5 Å². The van der Waals surface area contributed by atoms with E-state index >= 15 is 0 Å². The molecular formula is C29H38FN5O. The maximum atomic E-state index is 13.9. The van der Waals surface area contributed by atoms with Gasteiger partial charge in [-0.3, -0.25) is 9.80 Å². The first-order valence-corrected chi connectivity index (χ1v) is 13.1. The van der Waals surface area contributed by atoms with Gasteiger partial charge in [0.2, 0.25) is 5.91 Å². The summed E-state index contributed by atoms with van der Waals surface area (Å²) < 4.78 is 13.9. The van der Waals surface area contributed by atoms with Crippen molar-refractivity contribution in [1.82, 2.24) is 14.9 Å². The first-order chi connectivity index (χ1) is 17.3. The molecule has 7 heteroatoms. The van der Waals surface area contributed by atoms with Gasteiger partial charge in [-0.05, 0) is 73.6 Å². The number of halogens is 1. The SMILES string of the molecule is CCC(C)C1=CC(CC)C(c2ccc(F)c(C)c2)=NN1CC(=O)N1CCN(c2cc(C)ccn2)CC1. The van der Waals surface area contributed by atoms with Gasteiger partial charge in [-0.15, -0.1) is 0 Å². The Kier molecular flexibility index (Phi) is 8.07. The molecule has 0 aliphatic carbocycles. The fraction of sp³-hybridized carbons (Fsp3) is 0.483.